The highest BCUT2D eigenvalue weighted by atomic mass is 35.5. The van der Waals surface area contributed by atoms with Gasteiger partial charge >= 0.3 is 6.09 Å². The van der Waals surface area contributed by atoms with E-state index in [0.717, 1.165) is 0 Å². The fraction of sp³-hybridized carbons (Fsp3) is 0.643. The van der Waals surface area contributed by atoms with Crippen molar-refractivity contribution in [2.24, 2.45) is 0 Å². The topological polar surface area (TPSA) is 62.7 Å². The van der Waals surface area contributed by atoms with Crippen LogP contribution in [-0.4, -0.2) is 53.5 Å². The minimum Gasteiger partial charge on any atom is -0.444 e. The number of hydrogen-bond acceptors (Lipinski definition) is 6. The first-order chi connectivity index (χ1) is 10.2. The SMILES string of the molecule is C[C@H]1CN(C(=O)OC(C)(C)C)CCN1c1nc(Cl)c(C=O)s1. The number of hydrogen-bond donors (Lipinski definition) is 0. The van der Waals surface area contributed by atoms with Crippen LogP contribution in [0.3, 0.4) is 0 Å². The number of amides is 1. The highest BCUT2D eigenvalue weighted by Gasteiger charge is 2.31. The largest absolute Gasteiger partial charge is 0.444 e. The van der Waals surface area contributed by atoms with Gasteiger partial charge in [-0.05, 0) is 27.7 Å². The van der Waals surface area contributed by atoms with Gasteiger partial charge in [-0.1, -0.05) is 22.9 Å². The van der Waals surface area contributed by atoms with Crippen LogP contribution in [0.15, 0.2) is 0 Å². The highest BCUT2D eigenvalue weighted by Crippen LogP contribution is 2.30. The Balaban J connectivity index is 2.03. The Labute approximate surface area is 139 Å². The van der Waals surface area contributed by atoms with Gasteiger partial charge < -0.3 is 14.5 Å². The molecule has 6 nitrogen and oxygen atoms in total. The molecule has 1 amide bonds. The van der Waals surface area contributed by atoms with Crippen LogP contribution in [0.4, 0.5) is 9.93 Å². The molecule has 1 aromatic rings. The van der Waals surface area contributed by atoms with Crippen molar-refractivity contribution >= 4 is 40.4 Å². The van der Waals surface area contributed by atoms with Crippen LogP contribution in [0.25, 0.3) is 0 Å². The first-order valence-corrected chi connectivity index (χ1v) is 8.27. The van der Waals surface area contributed by atoms with Crippen LogP contribution in [0, 0.1) is 0 Å². The number of carbonyl (C=O) groups is 2. The Morgan fingerprint density at radius 2 is 2.14 bits per heavy atom. The second-order valence-electron chi connectivity index (χ2n) is 6.24. The molecule has 122 valence electrons. The number of anilines is 1. The van der Waals surface area contributed by atoms with E-state index in [1.165, 1.54) is 11.3 Å². The van der Waals surface area contributed by atoms with E-state index in [-0.39, 0.29) is 17.3 Å². The quantitative estimate of drug-likeness (QED) is 0.771. The number of aldehydes is 1. The lowest BCUT2D eigenvalue weighted by molar-refractivity contribution is 0.0218. The number of rotatable bonds is 2. The summed E-state index contributed by atoms with van der Waals surface area (Å²) >= 11 is 7.19. The van der Waals surface area contributed by atoms with E-state index in [9.17, 15) is 9.59 Å². The second-order valence-corrected chi connectivity index (χ2v) is 7.61. The van der Waals surface area contributed by atoms with Gasteiger partial charge in [-0.25, -0.2) is 9.78 Å². The van der Waals surface area contributed by atoms with Crippen LogP contribution >= 0.6 is 22.9 Å². The number of aromatic nitrogens is 1. The van der Waals surface area contributed by atoms with E-state index in [1.807, 2.05) is 27.7 Å². The van der Waals surface area contributed by atoms with Gasteiger partial charge in [0, 0.05) is 25.7 Å². The van der Waals surface area contributed by atoms with Crippen molar-refractivity contribution in [2.75, 3.05) is 24.5 Å². The lowest BCUT2D eigenvalue weighted by Crippen LogP contribution is -2.54. The Hall–Kier alpha value is -1.34. The molecule has 0 radical (unpaired) electrons. The van der Waals surface area contributed by atoms with Gasteiger partial charge in [0.05, 0.1) is 0 Å². The summed E-state index contributed by atoms with van der Waals surface area (Å²) in [4.78, 5) is 31.4. The van der Waals surface area contributed by atoms with E-state index in [2.05, 4.69) is 9.88 Å². The third-order valence-electron chi connectivity index (χ3n) is 3.23. The third kappa shape index (κ3) is 3.89. The number of piperazine rings is 1. The summed E-state index contributed by atoms with van der Waals surface area (Å²) in [5, 5.41) is 0.945. The molecule has 0 aromatic carbocycles. The van der Waals surface area contributed by atoms with Gasteiger partial charge in [0.25, 0.3) is 0 Å². The van der Waals surface area contributed by atoms with Gasteiger partial charge in [0.1, 0.15) is 10.5 Å². The lowest BCUT2D eigenvalue weighted by atomic mass is 10.2. The minimum atomic E-state index is -0.501. The number of carbonyl (C=O) groups excluding carboxylic acids is 2. The zero-order chi connectivity index (χ0) is 16.5. The summed E-state index contributed by atoms with van der Waals surface area (Å²) in [6.07, 6.45) is 0.412. The van der Waals surface area contributed by atoms with E-state index >= 15 is 0 Å². The molecule has 1 aliphatic rings. The maximum Gasteiger partial charge on any atom is 0.410 e. The van der Waals surface area contributed by atoms with E-state index in [4.69, 9.17) is 16.3 Å². The molecule has 1 fully saturated rings. The summed E-state index contributed by atoms with van der Waals surface area (Å²) in [5.74, 6) is 0. The molecular weight excluding hydrogens is 326 g/mol. The summed E-state index contributed by atoms with van der Waals surface area (Å²) in [5.41, 5.74) is -0.501. The summed E-state index contributed by atoms with van der Waals surface area (Å²) in [7, 11) is 0. The number of nitrogens with zero attached hydrogens (tertiary/aromatic N) is 3. The van der Waals surface area contributed by atoms with Gasteiger partial charge in [-0.3, -0.25) is 4.79 Å². The smallest absolute Gasteiger partial charge is 0.410 e. The van der Waals surface area contributed by atoms with Gasteiger partial charge in [0.15, 0.2) is 16.6 Å². The lowest BCUT2D eigenvalue weighted by Gasteiger charge is -2.40. The summed E-state index contributed by atoms with van der Waals surface area (Å²) in [6.45, 7) is 9.28. The Kier molecular flexibility index (Phi) is 4.97. The zero-order valence-corrected chi connectivity index (χ0v) is 14.7. The number of ether oxygens (including phenoxy) is 1. The highest BCUT2D eigenvalue weighted by molar-refractivity contribution is 7.17. The average molecular weight is 346 g/mol. The molecule has 2 rings (SSSR count). The molecule has 1 aromatic heterocycles. The van der Waals surface area contributed by atoms with Gasteiger partial charge in [-0.15, -0.1) is 0 Å². The predicted molar refractivity (Wildman–Crippen MR) is 87.1 cm³/mol. The van der Waals surface area contributed by atoms with E-state index in [0.29, 0.717) is 35.9 Å². The van der Waals surface area contributed by atoms with E-state index in [1.54, 1.807) is 4.90 Å². The molecule has 0 aliphatic carbocycles. The Morgan fingerprint density at radius 3 is 2.64 bits per heavy atom. The van der Waals surface area contributed by atoms with Crippen molar-refractivity contribution in [3.05, 3.63) is 10.0 Å². The van der Waals surface area contributed by atoms with Crippen molar-refractivity contribution in [3.8, 4) is 0 Å². The van der Waals surface area contributed by atoms with Gasteiger partial charge in [-0.2, -0.15) is 0 Å². The van der Waals surface area contributed by atoms with Crippen LogP contribution < -0.4 is 4.90 Å². The first-order valence-electron chi connectivity index (χ1n) is 7.07. The molecule has 8 heteroatoms. The van der Waals surface area contributed by atoms with Crippen molar-refractivity contribution in [1.29, 1.82) is 0 Å². The summed E-state index contributed by atoms with van der Waals surface area (Å²) in [6, 6.07) is 0.0722. The molecule has 0 N–H and O–H groups in total. The maximum absolute atomic E-state index is 12.1. The maximum atomic E-state index is 12.1. The molecule has 1 atom stereocenters. The van der Waals surface area contributed by atoms with Crippen LogP contribution in [-0.2, 0) is 4.74 Å². The van der Waals surface area contributed by atoms with E-state index < -0.39 is 5.60 Å². The fourth-order valence-corrected chi connectivity index (χ4v) is 3.42. The normalized spacial score (nSPS) is 19.2. The van der Waals surface area contributed by atoms with Crippen LogP contribution in [0.1, 0.15) is 37.4 Å². The first kappa shape index (κ1) is 17.0. The Bertz CT molecular complexity index is 570. The molecule has 22 heavy (non-hydrogen) atoms. The minimum absolute atomic E-state index is 0.0722. The van der Waals surface area contributed by atoms with Gasteiger partial charge in [0.2, 0.25) is 0 Å². The van der Waals surface area contributed by atoms with Crippen molar-refractivity contribution in [3.63, 3.8) is 0 Å². The average Bonchev–Trinajstić information content (AvgIpc) is 2.77. The molecule has 2 heterocycles. The summed E-state index contributed by atoms with van der Waals surface area (Å²) < 4.78 is 5.40. The Morgan fingerprint density at radius 1 is 1.45 bits per heavy atom. The predicted octanol–water partition coefficient (Wildman–Crippen LogP) is 3.05. The molecule has 0 bridgehead atoms. The number of thiazole rings is 1. The molecule has 0 unspecified atom stereocenters. The monoisotopic (exact) mass is 345 g/mol. The van der Waals surface area contributed by atoms with Crippen LogP contribution in [0.5, 0.6) is 0 Å². The zero-order valence-electron chi connectivity index (χ0n) is 13.1. The van der Waals surface area contributed by atoms with Crippen molar-refractivity contribution in [1.82, 2.24) is 9.88 Å². The molecule has 1 aliphatic heterocycles. The second kappa shape index (κ2) is 6.42. The van der Waals surface area contributed by atoms with Crippen molar-refractivity contribution in [2.45, 2.75) is 39.3 Å². The molecule has 1 saturated heterocycles. The third-order valence-corrected chi connectivity index (χ3v) is 4.65. The standard InChI is InChI=1S/C14H20ClN3O3S/c1-9-7-17(13(20)21-14(2,3)4)5-6-18(9)12-16-11(15)10(8-19)22-12/h8-9H,5-7H2,1-4H3/t9-/m0/s1. The fourth-order valence-electron chi connectivity index (χ4n) is 2.23. The van der Waals surface area contributed by atoms with Crippen molar-refractivity contribution < 1.29 is 14.3 Å². The molecule has 0 saturated carbocycles. The number of halogens is 1. The van der Waals surface area contributed by atoms with Crippen LogP contribution in [0.2, 0.25) is 5.15 Å². The molecule has 0 spiro atoms. The molecular formula is C14H20ClN3O3S.